The van der Waals surface area contributed by atoms with Gasteiger partial charge in [0, 0.05) is 17.4 Å². The number of carbonyl (C=O) groups excluding carboxylic acids is 1. The summed E-state index contributed by atoms with van der Waals surface area (Å²) < 4.78 is 0. The van der Waals surface area contributed by atoms with Crippen molar-refractivity contribution in [2.24, 2.45) is 0 Å². The summed E-state index contributed by atoms with van der Waals surface area (Å²) in [6.07, 6.45) is 3.88. The molecule has 5 rings (SSSR count). The fourth-order valence-electron chi connectivity index (χ4n) is 4.51. The van der Waals surface area contributed by atoms with Gasteiger partial charge in [-0.2, -0.15) is 0 Å². The lowest BCUT2D eigenvalue weighted by molar-refractivity contribution is 0.197. The highest BCUT2D eigenvalue weighted by molar-refractivity contribution is 5.91. The summed E-state index contributed by atoms with van der Waals surface area (Å²) in [7, 11) is 0. The maximum atomic E-state index is 13.1. The van der Waals surface area contributed by atoms with E-state index in [-0.39, 0.29) is 18.1 Å². The van der Waals surface area contributed by atoms with Crippen LogP contribution in [0.2, 0.25) is 0 Å². The number of rotatable bonds is 2. The summed E-state index contributed by atoms with van der Waals surface area (Å²) in [5, 5.41) is 3.12. The van der Waals surface area contributed by atoms with Gasteiger partial charge in [0.25, 0.3) is 0 Å². The Balaban J connectivity index is 1.41. The quantitative estimate of drug-likeness (QED) is 0.661. The molecule has 1 fully saturated rings. The number of nitrogens with one attached hydrogen (secondary N) is 1. The van der Waals surface area contributed by atoms with Gasteiger partial charge in [0.2, 0.25) is 0 Å². The van der Waals surface area contributed by atoms with E-state index >= 15 is 0 Å². The molecule has 0 aliphatic carbocycles. The molecule has 0 radical (unpaired) electrons. The van der Waals surface area contributed by atoms with E-state index in [0.717, 1.165) is 35.3 Å². The molecule has 2 aromatic carbocycles. The number of aryl methyl sites for hydroxylation is 1. The van der Waals surface area contributed by atoms with Crippen LogP contribution in [0.15, 0.2) is 66.9 Å². The summed E-state index contributed by atoms with van der Waals surface area (Å²) in [6, 6.07) is 20.7. The molecule has 2 amide bonds. The van der Waals surface area contributed by atoms with E-state index in [2.05, 4.69) is 41.5 Å². The van der Waals surface area contributed by atoms with Gasteiger partial charge in [-0.05, 0) is 60.7 Å². The number of hydrogen-bond donors (Lipinski definition) is 1. The number of benzene rings is 2. The molecule has 2 atom stereocenters. The van der Waals surface area contributed by atoms with Crippen molar-refractivity contribution in [3.05, 3.63) is 83.6 Å². The molecule has 2 aliphatic heterocycles. The molecule has 1 saturated heterocycles. The number of carbonyl (C=O) groups is 1. The predicted octanol–water partition coefficient (Wildman–Crippen LogP) is 5.48. The zero-order valence-electron chi connectivity index (χ0n) is 15.2. The van der Waals surface area contributed by atoms with Gasteiger partial charge in [-0.15, -0.1) is 0 Å². The van der Waals surface area contributed by atoms with Crippen molar-refractivity contribution in [2.75, 3.05) is 5.32 Å². The number of hydrogen-bond acceptors (Lipinski definition) is 2. The zero-order valence-corrected chi connectivity index (χ0v) is 15.2. The second-order valence-electron chi connectivity index (χ2n) is 7.32. The molecule has 3 heterocycles. The van der Waals surface area contributed by atoms with Gasteiger partial charge < -0.3 is 10.2 Å². The molecular formula is C23H21N3O. The highest BCUT2D eigenvalue weighted by atomic mass is 16.2. The summed E-state index contributed by atoms with van der Waals surface area (Å²) in [5.41, 5.74) is 6.52. The molecule has 0 spiro atoms. The summed E-state index contributed by atoms with van der Waals surface area (Å²) in [5.74, 6) is 0. The topological polar surface area (TPSA) is 45.2 Å². The molecule has 2 aliphatic rings. The van der Waals surface area contributed by atoms with Crippen LogP contribution in [0, 0.1) is 6.92 Å². The molecule has 2 bridgehead atoms. The molecule has 27 heavy (non-hydrogen) atoms. The smallest absolute Gasteiger partial charge is 0.310 e. The van der Waals surface area contributed by atoms with E-state index in [4.69, 9.17) is 0 Å². The van der Waals surface area contributed by atoms with Gasteiger partial charge in [-0.1, -0.05) is 36.4 Å². The fraction of sp³-hybridized carbons (Fsp3) is 0.217. The first-order valence-corrected chi connectivity index (χ1v) is 9.42. The van der Waals surface area contributed by atoms with E-state index in [1.807, 2.05) is 41.3 Å². The predicted molar refractivity (Wildman–Crippen MR) is 106 cm³/mol. The first-order chi connectivity index (χ1) is 13.2. The van der Waals surface area contributed by atoms with Crippen molar-refractivity contribution in [2.45, 2.75) is 31.8 Å². The van der Waals surface area contributed by atoms with Crippen molar-refractivity contribution in [1.82, 2.24) is 9.88 Å². The minimum Gasteiger partial charge on any atom is -0.310 e. The average molecular weight is 355 g/mol. The maximum absolute atomic E-state index is 13.1. The molecule has 3 aromatic rings. The van der Waals surface area contributed by atoms with E-state index in [1.165, 1.54) is 11.1 Å². The molecule has 0 saturated carbocycles. The van der Waals surface area contributed by atoms with Crippen molar-refractivity contribution in [3.63, 3.8) is 0 Å². The van der Waals surface area contributed by atoms with Crippen LogP contribution in [-0.4, -0.2) is 15.9 Å². The Morgan fingerprint density at radius 2 is 1.70 bits per heavy atom. The number of aromatic nitrogens is 1. The van der Waals surface area contributed by atoms with Gasteiger partial charge in [-0.3, -0.25) is 4.98 Å². The lowest BCUT2D eigenvalue weighted by Gasteiger charge is -2.23. The molecular weight excluding hydrogens is 334 g/mol. The minimum absolute atomic E-state index is 0.0190. The van der Waals surface area contributed by atoms with Crippen LogP contribution >= 0.6 is 0 Å². The SMILES string of the molecule is Cc1ccc(NC(=O)N2C3CCC2c2ccccc23)cc1-c1ccccn1. The van der Waals surface area contributed by atoms with Crippen molar-refractivity contribution >= 4 is 11.7 Å². The Kier molecular flexibility index (Phi) is 3.71. The van der Waals surface area contributed by atoms with E-state index in [0.29, 0.717) is 0 Å². The number of pyridine rings is 1. The number of fused-ring (bicyclic) bond motifs is 5. The second kappa shape index (κ2) is 6.23. The third-order valence-electron chi connectivity index (χ3n) is 5.76. The summed E-state index contributed by atoms with van der Waals surface area (Å²) in [4.78, 5) is 19.5. The number of amides is 2. The van der Waals surface area contributed by atoms with Crippen molar-refractivity contribution < 1.29 is 4.79 Å². The molecule has 4 heteroatoms. The Hall–Kier alpha value is -3.14. The zero-order chi connectivity index (χ0) is 18.4. The Morgan fingerprint density at radius 3 is 2.37 bits per heavy atom. The van der Waals surface area contributed by atoms with Gasteiger partial charge in [0.1, 0.15) is 0 Å². The van der Waals surface area contributed by atoms with Crippen LogP contribution < -0.4 is 5.32 Å². The van der Waals surface area contributed by atoms with Crippen LogP contribution in [-0.2, 0) is 0 Å². The normalized spacial score (nSPS) is 19.8. The standard InChI is InChI=1S/C23H21N3O/c1-15-9-10-16(14-19(15)20-8-4-5-13-24-20)25-23(27)26-21-11-12-22(26)18-7-3-2-6-17(18)21/h2-10,13-14,21-22H,11-12H2,1H3,(H,25,27). The third kappa shape index (κ3) is 2.60. The second-order valence-corrected chi connectivity index (χ2v) is 7.32. The third-order valence-corrected chi connectivity index (χ3v) is 5.76. The summed E-state index contributed by atoms with van der Waals surface area (Å²) in [6.45, 7) is 2.06. The van der Waals surface area contributed by atoms with E-state index in [1.54, 1.807) is 6.20 Å². The Morgan fingerprint density at radius 1 is 1.00 bits per heavy atom. The largest absolute Gasteiger partial charge is 0.322 e. The monoisotopic (exact) mass is 355 g/mol. The van der Waals surface area contributed by atoms with Crippen LogP contribution in [0.3, 0.4) is 0 Å². The molecule has 134 valence electrons. The lowest BCUT2D eigenvalue weighted by Crippen LogP contribution is -2.32. The maximum Gasteiger partial charge on any atom is 0.322 e. The van der Waals surface area contributed by atoms with Crippen LogP contribution in [0.25, 0.3) is 11.3 Å². The first kappa shape index (κ1) is 16.1. The molecule has 4 nitrogen and oxygen atoms in total. The van der Waals surface area contributed by atoms with Crippen molar-refractivity contribution in [3.8, 4) is 11.3 Å². The van der Waals surface area contributed by atoms with Gasteiger partial charge in [0.15, 0.2) is 0 Å². The Bertz CT molecular complexity index is 984. The van der Waals surface area contributed by atoms with Crippen LogP contribution in [0.4, 0.5) is 10.5 Å². The molecule has 1 aromatic heterocycles. The number of anilines is 1. The highest BCUT2D eigenvalue weighted by Crippen LogP contribution is 2.52. The molecule has 2 unspecified atom stereocenters. The fourth-order valence-corrected chi connectivity index (χ4v) is 4.51. The minimum atomic E-state index is -0.0190. The highest BCUT2D eigenvalue weighted by Gasteiger charge is 2.46. The van der Waals surface area contributed by atoms with Gasteiger partial charge >= 0.3 is 6.03 Å². The van der Waals surface area contributed by atoms with Crippen molar-refractivity contribution in [1.29, 1.82) is 0 Å². The number of urea groups is 1. The lowest BCUT2D eigenvalue weighted by atomic mass is 9.92. The van der Waals surface area contributed by atoms with Gasteiger partial charge in [-0.25, -0.2) is 4.79 Å². The summed E-state index contributed by atoms with van der Waals surface area (Å²) >= 11 is 0. The van der Waals surface area contributed by atoms with E-state index < -0.39 is 0 Å². The first-order valence-electron chi connectivity index (χ1n) is 9.42. The average Bonchev–Trinajstić information content (AvgIpc) is 3.28. The van der Waals surface area contributed by atoms with Gasteiger partial charge in [0.05, 0.1) is 17.8 Å². The van der Waals surface area contributed by atoms with E-state index in [9.17, 15) is 4.79 Å². The molecule has 1 N–H and O–H groups in total. The van der Waals surface area contributed by atoms with Crippen LogP contribution in [0.1, 0.15) is 41.6 Å². The van der Waals surface area contributed by atoms with Crippen LogP contribution in [0.5, 0.6) is 0 Å². The Labute approximate surface area is 158 Å². The number of nitrogens with zero attached hydrogens (tertiary/aromatic N) is 2.